The van der Waals surface area contributed by atoms with Gasteiger partial charge in [-0.25, -0.2) is 0 Å². The Bertz CT molecular complexity index is 490. The van der Waals surface area contributed by atoms with Crippen molar-refractivity contribution in [2.45, 2.75) is 23.1 Å². The van der Waals surface area contributed by atoms with Crippen LogP contribution >= 0.6 is 11.8 Å². The molecule has 0 spiro atoms. The van der Waals surface area contributed by atoms with E-state index in [1.165, 1.54) is 11.8 Å². The molecule has 2 atom stereocenters. The molecule has 90 valence electrons. The van der Waals surface area contributed by atoms with Gasteiger partial charge in [-0.2, -0.15) is 0 Å². The molecule has 0 aliphatic carbocycles. The molecule has 4 N–H and O–H groups in total. The highest BCUT2D eigenvalue weighted by atomic mass is 32.2. The van der Waals surface area contributed by atoms with Crippen LogP contribution in [0.5, 0.6) is 0 Å². The van der Waals surface area contributed by atoms with Crippen molar-refractivity contribution in [1.29, 1.82) is 0 Å². The molecular weight excluding hydrogens is 240 g/mol. The van der Waals surface area contributed by atoms with Crippen LogP contribution in [-0.4, -0.2) is 22.2 Å². The molecule has 0 fully saturated rings. The number of nitrogens with one attached hydrogen (secondary N) is 1. The fourth-order valence-electron chi connectivity index (χ4n) is 1.56. The highest BCUT2D eigenvalue weighted by Crippen LogP contribution is 2.36. The molecule has 1 aromatic rings. The van der Waals surface area contributed by atoms with E-state index in [4.69, 9.17) is 10.8 Å². The first-order chi connectivity index (χ1) is 7.99. The molecule has 6 heteroatoms. The molecule has 1 aliphatic heterocycles. The van der Waals surface area contributed by atoms with Gasteiger partial charge >= 0.3 is 5.97 Å². The Morgan fingerprint density at radius 3 is 2.94 bits per heavy atom. The van der Waals surface area contributed by atoms with Crippen molar-refractivity contribution in [3.8, 4) is 0 Å². The number of aliphatic carboxylic acids is 1. The second-order valence-electron chi connectivity index (χ2n) is 3.82. The van der Waals surface area contributed by atoms with Crippen molar-refractivity contribution in [1.82, 2.24) is 0 Å². The second-order valence-corrected chi connectivity index (χ2v) is 5.20. The summed E-state index contributed by atoms with van der Waals surface area (Å²) in [5.41, 5.74) is 6.62. The minimum atomic E-state index is -1.09. The zero-order valence-corrected chi connectivity index (χ0v) is 9.95. The van der Waals surface area contributed by atoms with Crippen molar-refractivity contribution >= 4 is 29.3 Å². The van der Waals surface area contributed by atoms with E-state index in [1.807, 2.05) is 6.92 Å². The number of fused-ring (bicyclic) bond motifs is 1. The lowest BCUT2D eigenvalue weighted by atomic mass is 10.1. The maximum Gasteiger partial charge on any atom is 0.325 e. The molecule has 1 heterocycles. The van der Waals surface area contributed by atoms with Gasteiger partial charge in [0.25, 0.3) is 0 Å². The summed E-state index contributed by atoms with van der Waals surface area (Å²) in [6.07, 6.45) is 0. The third-order valence-electron chi connectivity index (χ3n) is 2.56. The smallest absolute Gasteiger partial charge is 0.325 e. The number of benzene rings is 1. The quantitative estimate of drug-likeness (QED) is 0.735. The lowest BCUT2D eigenvalue weighted by Crippen LogP contribution is -2.27. The van der Waals surface area contributed by atoms with Gasteiger partial charge in [0.05, 0.1) is 10.9 Å². The van der Waals surface area contributed by atoms with Gasteiger partial charge in [0.15, 0.2) is 0 Å². The van der Waals surface area contributed by atoms with E-state index < -0.39 is 12.0 Å². The Kier molecular flexibility index (Phi) is 3.08. The van der Waals surface area contributed by atoms with E-state index in [2.05, 4.69) is 5.32 Å². The third-order valence-corrected chi connectivity index (χ3v) is 3.74. The molecule has 2 rings (SSSR count). The molecule has 0 radical (unpaired) electrons. The van der Waals surface area contributed by atoms with Gasteiger partial charge in [-0.3, -0.25) is 9.59 Å². The lowest BCUT2D eigenvalue weighted by molar-refractivity contribution is -0.138. The van der Waals surface area contributed by atoms with Crippen molar-refractivity contribution in [3.63, 3.8) is 0 Å². The Balaban J connectivity index is 2.35. The van der Waals surface area contributed by atoms with Crippen molar-refractivity contribution < 1.29 is 14.7 Å². The molecule has 5 nitrogen and oxygen atoms in total. The normalized spacial score (nSPS) is 20.4. The number of carbonyl (C=O) groups is 2. The summed E-state index contributed by atoms with van der Waals surface area (Å²) in [6.45, 7) is 1.82. The van der Waals surface area contributed by atoms with Crippen LogP contribution in [0.3, 0.4) is 0 Å². The minimum absolute atomic E-state index is 0.0800. The van der Waals surface area contributed by atoms with Crippen LogP contribution in [0, 0.1) is 0 Å². The lowest BCUT2D eigenvalue weighted by Gasteiger charge is -2.22. The van der Waals surface area contributed by atoms with Gasteiger partial charge in [-0.15, -0.1) is 11.8 Å². The number of hydrogen-bond donors (Lipinski definition) is 3. The molecule has 2 unspecified atom stereocenters. The van der Waals surface area contributed by atoms with Crippen molar-refractivity contribution in [2.24, 2.45) is 5.73 Å². The first-order valence-electron chi connectivity index (χ1n) is 5.09. The zero-order valence-electron chi connectivity index (χ0n) is 9.14. The first kappa shape index (κ1) is 11.9. The van der Waals surface area contributed by atoms with Gasteiger partial charge in [0, 0.05) is 4.90 Å². The topological polar surface area (TPSA) is 92.4 Å². The Hall–Kier alpha value is -1.53. The molecule has 0 aromatic heterocycles. The molecule has 0 saturated heterocycles. The first-order valence-corrected chi connectivity index (χ1v) is 5.97. The van der Waals surface area contributed by atoms with E-state index in [0.717, 1.165) is 4.90 Å². The summed E-state index contributed by atoms with van der Waals surface area (Å²) in [5.74, 6) is -1.17. The standard InChI is InChI=1S/C11H12N2O3S/c1-5-10(14)13-7-4-6(9(12)11(15)16)2-3-8(7)17-5/h2-5,9H,12H2,1H3,(H,13,14)(H,15,16). The predicted octanol–water partition coefficient (Wildman–Crippen LogP) is 1.20. The van der Waals surface area contributed by atoms with Crippen LogP contribution in [0.1, 0.15) is 18.5 Å². The summed E-state index contributed by atoms with van der Waals surface area (Å²) in [7, 11) is 0. The van der Waals surface area contributed by atoms with Crippen LogP contribution in [-0.2, 0) is 9.59 Å². The van der Waals surface area contributed by atoms with Gasteiger partial charge in [0.1, 0.15) is 6.04 Å². The number of carboxylic acids is 1. The SMILES string of the molecule is CC1Sc2ccc(C(N)C(=O)O)cc2NC1=O. The largest absolute Gasteiger partial charge is 0.480 e. The average Bonchev–Trinajstić information content (AvgIpc) is 2.29. The Labute approximate surface area is 102 Å². The number of amides is 1. The van der Waals surface area contributed by atoms with E-state index in [0.29, 0.717) is 11.3 Å². The van der Waals surface area contributed by atoms with Gasteiger partial charge in [0.2, 0.25) is 5.91 Å². The molecule has 17 heavy (non-hydrogen) atoms. The molecule has 1 aromatic carbocycles. The number of hydrogen-bond acceptors (Lipinski definition) is 4. The Morgan fingerprint density at radius 1 is 1.59 bits per heavy atom. The van der Waals surface area contributed by atoms with Crippen LogP contribution in [0.4, 0.5) is 5.69 Å². The summed E-state index contributed by atoms with van der Waals surface area (Å²) in [6, 6.07) is 4.01. The van der Waals surface area contributed by atoms with Crippen molar-refractivity contribution in [3.05, 3.63) is 23.8 Å². The second kappa shape index (κ2) is 4.38. The number of carbonyl (C=O) groups excluding carboxylic acids is 1. The summed E-state index contributed by atoms with van der Waals surface area (Å²) >= 11 is 1.45. The molecule has 1 aliphatic rings. The van der Waals surface area contributed by atoms with Gasteiger partial charge in [-0.05, 0) is 24.6 Å². The maximum atomic E-state index is 11.5. The van der Waals surface area contributed by atoms with Gasteiger partial charge in [-0.1, -0.05) is 6.07 Å². The predicted molar refractivity (Wildman–Crippen MR) is 65.0 cm³/mol. The highest BCUT2D eigenvalue weighted by molar-refractivity contribution is 8.00. The van der Waals surface area contributed by atoms with E-state index in [1.54, 1.807) is 18.2 Å². The van der Waals surface area contributed by atoms with E-state index >= 15 is 0 Å². The monoisotopic (exact) mass is 252 g/mol. The summed E-state index contributed by atoms with van der Waals surface area (Å²) in [4.78, 5) is 23.2. The molecule has 0 saturated carbocycles. The fraction of sp³-hybridized carbons (Fsp3) is 0.273. The number of thioether (sulfide) groups is 1. The maximum absolute atomic E-state index is 11.5. The van der Waals surface area contributed by atoms with Crippen LogP contribution in [0.2, 0.25) is 0 Å². The van der Waals surface area contributed by atoms with Crippen molar-refractivity contribution in [2.75, 3.05) is 5.32 Å². The molecule has 0 bridgehead atoms. The van der Waals surface area contributed by atoms with Crippen LogP contribution in [0.15, 0.2) is 23.1 Å². The molecular formula is C11H12N2O3S. The van der Waals surface area contributed by atoms with Crippen LogP contribution in [0.25, 0.3) is 0 Å². The van der Waals surface area contributed by atoms with E-state index in [9.17, 15) is 9.59 Å². The van der Waals surface area contributed by atoms with Gasteiger partial charge < -0.3 is 16.2 Å². The Morgan fingerprint density at radius 2 is 2.29 bits per heavy atom. The number of nitrogens with two attached hydrogens (primary N) is 1. The van der Waals surface area contributed by atoms with E-state index in [-0.39, 0.29) is 11.2 Å². The zero-order chi connectivity index (χ0) is 12.6. The van der Waals surface area contributed by atoms with Crippen LogP contribution < -0.4 is 11.1 Å². The fourth-order valence-corrected chi connectivity index (χ4v) is 2.49. The number of carboxylic acid groups (broad SMARTS) is 1. The molecule has 1 amide bonds. The summed E-state index contributed by atoms with van der Waals surface area (Å²) in [5, 5.41) is 11.4. The minimum Gasteiger partial charge on any atom is -0.480 e. The third kappa shape index (κ3) is 2.27. The number of anilines is 1. The highest BCUT2D eigenvalue weighted by Gasteiger charge is 2.24. The summed E-state index contributed by atoms with van der Waals surface area (Å²) < 4.78 is 0. The average molecular weight is 252 g/mol. The number of rotatable bonds is 2.